The number of pyridine rings is 2. The first-order chi connectivity index (χ1) is 17.4. The molecule has 174 valence electrons. The quantitative estimate of drug-likeness (QED) is 0.355. The molecule has 1 aromatic carbocycles. The molecule has 0 atom stereocenters. The summed E-state index contributed by atoms with van der Waals surface area (Å²) in [4.78, 5) is 22.2. The number of fused-ring (bicyclic) bond motifs is 1. The van der Waals surface area contributed by atoms with E-state index in [1.807, 2.05) is 36.5 Å². The summed E-state index contributed by atoms with van der Waals surface area (Å²) in [5.74, 6) is 2.40. The number of hydrogen-bond acceptors (Lipinski definition) is 8. The molecule has 8 heteroatoms. The van der Waals surface area contributed by atoms with Gasteiger partial charge in [0, 0.05) is 48.5 Å². The second-order valence-electron chi connectivity index (χ2n) is 8.25. The number of anilines is 2. The first kappa shape index (κ1) is 21.6. The zero-order valence-electron chi connectivity index (χ0n) is 19.1. The summed E-state index contributed by atoms with van der Waals surface area (Å²) in [6.07, 6.45) is 3.62. The van der Waals surface area contributed by atoms with E-state index in [1.54, 1.807) is 17.5 Å². The minimum Gasteiger partial charge on any atom is -0.378 e. The summed E-state index contributed by atoms with van der Waals surface area (Å²) in [6.45, 7) is 3.72. The molecule has 0 bridgehead atoms. The highest BCUT2D eigenvalue weighted by Crippen LogP contribution is 2.38. The van der Waals surface area contributed by atoms with Crippen LogP contribution < -0.4 is 10.2 Å². The Kier molecular flexibility index (Phi) is 6.04. The van der Waals surface area contributed by atoms with E-state index in [9.17, 15) is 0 Å². The lowest BCUT2D eigenvalue weighted by Gasteiger charge is -2.29. The number of ether oxygens (including phenoxy) is 1. The predicted molar refractivity (Wildman–Crippen MR) is 141 cm³/mol. The van der Waals surface area contributed by atoms with E-state index in [2.05, 4.69) is 55.9 Å². The minimum atomic E-state index is 0.596. The molecule has 1 aliphatic heterocycles. The average molecular weight is 481 g/mol. The molecule has 1 aliphatic rings. The molecule has 35 heavy (non-hydrogen) atoms. The fraction of sp³-hybridized carbons (Fsp3) is 0.185. The van der Waals surface area contributed by atoms with Crippen LogP contribution in [0.5, 0.6) is 0 Å². The molecular formula is C27H24N6OS. The highest BCUT2D eigenvalue weighted by molar-refractivity contribution is 7.17. The highest BCUT2D eigenvalue weighted by atomic mass is 32.1. The van der Waals surface area contributed by atoms with Gasteiger partial charge in [0.05, 0.1) is 18.6 Å². The number of rotatable bonds is 6. The Morgan fingerprint density at radius 1 is 0.886 bits per heavy atom. The van der Waals surface area contributed by atoms with Gasteiger partial charge in [-0.05, 0) is 23.8 Å². The maximum absolute atomic E-state index is 5.53. The summed E-state index contributed by atoms with van der Waals surface area (Å²) >= 11 is 1.63. The molecule has 5 aromatic rings. The number of morpholine rings is 1. The second-order valence-corrected chi connectivity index (χ2v) is 9.10. The topological polar surface area (TPSA) is 76.1 Å². The molecule has 0 saturated carbocycles. The maximum Gasteiger partial charge on any atom is 0.181 e. The third kappa shape index (κ3) is 4.45. The van der Waals surface area contributed by atoms with Gasteiger partial charge in [0.1, 0.15) is 22.2 Å². The minimum absolute atomic E-state index is 0.596. The van der Waals surface area contributed by atoms with Crippen LogP contribution in [0, 0.1) is 0 Å². The number of nitrogens with one attached hydrogen (secondary N) is 1. The molecule has 1 saturated heterocycles. The van der Waals surface area contributed by atoms with Crippen molar-refractivity contribution in [1.29, 1.82) is 0 Å². The van der Waals surface area contributed by atoms with E-state index < -0.39 is 0 Å². The summed E-state index contributed by atoms with van der Waals surface area (Å²) in [7, 11) is 0. The van der Waals surface area contributed by atoms with Crippen LogP contribution in [-0.4, -0.2) is 46.2 Å². The standard InChI is InChI=1S/C27H24N6OS/c1-2-7-19(8-3-1)21-18-35-27-23(21)25(31-24(32-27)22-10-4-5-11-28-22)30-17-20-9-6-12-29-26(20)33-13-15-34-16-14-33/h1-12,18H,13-17H2,(H,30,31,32). The van der Waals surface area contributed by atoms with Gasteiger partial charge in [0.25, 0.3) is 0 Å². The van der Waals surface area contributed by atoms with Crippen molar-refractivity contribution in [2.45, 2.75) is 6.54 Å². The van der Waals surface area contributed by atoms with Crippen molar-refractivity contribution in [2.75, 3.05) is 36.5 Å². The van der Waals surface area contributed by atoms with E-state index in [4.69, 9.17) is 14.7 Å². The first-order valence-corrected chi connectivity index (χ1v) is 12.5. The van der Waals surface area contributed by atoms with Gasteiger partial charge in [0.2, 0.25) is 0 Å². The second kappa shape index (κ2) is 9.77. The van der Waals surface area contributed by atoms with Gasteiger partial charge >= 0.3 is 0 Å². The predicted octanol–water partition coefficient (Wildman–Crippen LogP) is 5.26. The van der Waals surface area contributed by atoms with Crippen LogP contribution in [0.15, 0.2) is 78.4 Å². The fourth-order valence-electron chi connectivity index (χ4n) is 4.32. The molecule has 0 radical (unpaired) electrons. The van der Waals surface area contributed by atoms with E-state index in [1.165, 1.54) is 0 Å². The zero-order valence-corrected chi connectivity index (χ0v) is 19.9. The lowest BCUT2D eigenvalue weighted by Crippen LogP contribution is -2.37. The van der Waals surface area contributed by atoms with Gasteiger partial charge < -0.3 is 15.0 Å². The van der Waals surface area contributed by atoms with E-state index in [-0.39, 0.29) is 0 Å². The van der Waals surface area contributed by atoms with E-state index >= 15 is 0 Å². The number of aromatic nitrogens is 4. The Bertz CT molecular complexity index is 1430. The molecule has 1 N–H and O–H groups in total. The zero-order chi connectivity index (χ0) is 23.5. The van der Waals surface area contributed by atoms with Crippen LogP contribution in [0.2, 0.25) is 0 Å². The Morgan fingerprint density at radius 3 is 2.54 bits per heavy atom. The SMILES string of the molecule is c1ccc(-c2csc3nc(-c4ccccn4)nc(NCc4cccnc4N4CCOCC4)c23)cc1. The van der Waals surface area contributed by atoms with Crippen molar-refractivity contribution in [2.24, 2.45) is 0 Å². The Balaban J connectivity index is 1.41. The molecule has 6 rings (SSSR count). The van der Waals surface area contributed by atoms with Crippen LogP contribution in [0.4, 0.5) is 11.6 Å². The molecule has 5 heterocycles. The van der Waals surface area contributed by atoms with Gasteiger partial charge in [-0.2, -0.15) is 0 Å². The van der Waals surface area contributed by atoms with Crippen molar-refractivity contribution in [3.63, 3.8) is 0 Å². The third-order valence-electron chi connectivity index (χ3n) is 6.04. The number of benzene rings is 1. The van der Waals surface area contributed by atoms with Gasteiger partial charge in [-0.1, -0.05) is 42.5 Å². The normalized spacial score (nSPS) is 13.8. The maximum atomic E-state index is 5.53. The van der Waals surface area contributed by atoms with Crippen molar-refractivity contribution >= 4 is 33.2 Å². The van der Waals surface area contributed by atoms with Crippen LogP contribution >= 0.6 is 11.3 Å². The van der Waals surface area contributed by atoms with Gasteiger partial charge in [0.15, 0.2) is 5.82 Å². The Morgan fingerprint density at radius 2 is 1.71 bits per heavy atom. The molecule has 0 spiro atoms. The van der Waals surface area contributed by atoms with Crippen LogP contribution in [0.25, 0.3) is 32.9 Å². The number of hydrogen-bond donors (Lipinski definition) is 1. The van der Waals surface area contributed by atoms with Gasteiger partial charge in [-0.15, -0.1) is 11.3 Å². The summed E-state index contributed by atoms with van der Waals surface area (Å²) < 4.78 is 5.53. The fourth-order valence-corrected chi connectivity index (χ4v) is 5.26. The average Bonchev–Trinajstić information content (AvgIpc) is 3.38. The van der Waals surface area contributed by atoms with Crippen molar-refractivity contribution in [1.82, 2.24) is 19.9 Å². The molecule has 0 unspecified atom stereocenters. The molecule has 1 fully saturated rings. The van der Waals surface area contributed by atoms with Crippen LogP contribution in [0.3, 0.4) is 0 Å². The first-order valence-electron chi connectivity index (χ1n) is 11.6. The number of thiophene rings is 1. The monoisotopic (exact) mass is 480 g/mol. The van der Waals surface area contributed by atoms with Gasteiger partial charge in [-0.25, -0.2) is 15.0 Å². The van der Waals surface area contributed by atoms with E-state index in [0.717, 1.165) is 70.5 Å². The summed E-state index contributed by atoms with van der Waals surface area (Å²) in [5.41, 5.74) is 4.14. The summed E-state index contributed by atoms with van der Waals surface area (Å²) in [6, 6.07) is 20.3. The largest absolute Gasteiger partial charge is 0.378 e. The van der Waals surface area contributed by atoms with E-state index in [0.29, 0.717) is 12.4 Å². The summed E-state index contributed by atoms with van der Waals surface area (Å²) in [5, 5.41) is 6.80. The molecule has 4 aromatic heterocycles. The van der Waals surface area contributed by atoms with Crippen molar-refractivity contribution in [3.05, 3.63) is 84.0 Å². The lowest BCUT2D eigenvalue weighted by atomic mass is 10.1. The molecule has 7 nitrogen and oxygen atoms in total. The van der Waals surface area contributed by atoms with Crippen LogP contribution in [-0.2, 0) is 11.3 Å². The lowest BCUT2D eigenvalue weighted by molar-refractivity contribution is 0.122. The molecule has 0 amide bonds. The van der Waals surface area contributed by atoms with Crippen LogP contribution in [0.1, 0.15) is 5.56 Å². The number of nitrogens with zero attached hydrogens (tertiary/aromatic N) is 5. The highest BCUT2D eigenvalue weighted by Gasteiger charge is 2.19. The Hall–Kier alpha value is -3.88. The van der Waals surface area contributed by atoms with Crippen molar-refractivity contribution < 1.29 is 4.74 Å². The van der Waals surface area contributed by atoms with Crippen molar-refractivity contribution in [3.8, 4) is 22.6 Å². The third-order valence-corrected chi connectivity index (χ3v) is 6.91. The molecule has 0 aliphatic carbocycles. The Labute approximate surface area is 207 Å². The molecular weight excluding hydrogens is 456 g/mol. The smallest absolute Gasteiger partial charge is 0.181 e. The van der Waals surface area contributed by atoms with Gasteiger partial charge in [-0.3, -0.25) is 4.98 Å².